The third-order valence-corrected chi connectivity index (χ3v) is 6.18. The lowest BCUT2D eigenvalue weighted by molar-refractivity contribution is 0.0671. The number of fused-ring (bicyclic) bond motifs is 3. The van der Waals surface area contributed by atoms with Crippen LogP contribution < -0.4 is 15.5 Å². The van der Waals surface area contributed by atoms with Crippen LogP contribution in [0.1, 0.15) is 35.2 Å². The minimum absolute atomic E-state index is 0.0451. The number of rotatable bonds is 2. The third kappa shape index (κ3) is 2.29. The Hall–Kier alpha value is -1.73. The molecular weight excluding hydrogens is 326 g/mol. The summed E-state index contributed by atoms with van der Waals surface area (Å²) in [5, 5.41) is 6.72. The molecule has 2 bridgehead atoms. The van der Waals surface area contributed by atoms with Gasteiger partial charge in [-0.25, -0.2) is 8.78 Å². The summed E-state index contributed by atoms with van der Waals surface area (Å²) >= 11 is 0. The van der Waals surface area contributed by atoms with Crippen LogP contribution in [0.2, 0.25) is 0 Å². The van der Waals surface area contributed by atoms with Gasteiger partial charge in [0, 0.05) is 61.6 Å². The van der Waals surface area contributed by atoms with Crippen molar-refractivity contribution in [1.82, 2.24) is 15.5 Å². The van der Waals surface area contributed by atoms with E-state index in [2.05, 4.69) is 15.5 Å². The Labute approximate surface area is 145 Å². The summed E-state index contributed by atoms with van der Waals surface area (Å²) in [5.41, 5.74) is 1.33. The molecule has 5 nitrogen and oxygen atoms in total. The molecule has 3 atom stereocenters. The van der Waals surface area contributed by atoms with Gasteiger partial charge in [-0.3, -0.25) is 4.79 Å². The molecule has 1 amide bonds. The molecule has 4 aliphatic rings. The summed E-state index contributed by atoms with van der Waals surface area (Å²) in [7, 11) is 0. The Bertz CT molecular complexity index is 734. The van der Waals surface area contributed by atoms with Gasteiger partial charge in [0.2, 0.25) is 0 Å². The molecule has 25 heavy (non-hydrogen) atoms. The Morgan fingerprint density at radius 1 is 1.16 bits per heavy atom. The molecule has 134 valence electrons. The monoisotopic (exact) mass is 348 g/mol. The number of halogens is 2. The Morgan fingerprint density at radius 2 is 2.04 bits per heavy atom. The van der Waals surface area contributed by atoms with Gasteiger partial charge in [-0.15, -0.1) is 0 Å². The van der Waals surface area contributed by atoms with E-state index in [1.54, 1.807) is 4.90 Å². The van der Waals surface area contributed by atoms with Gasteiger partial charge in [-0.05, 0) is 25.8 Å². The quantitative estimate of drug-likeness (QED) is 0.844. The zero-order valence-corrected chi connectivity index (χ0v) is 14.0. The van der Waals surface area contributed by atoms with Crippen LogP contribution in [-0.4, -0.2) is 55.1 Å². The van der Waals surface area contributed by atoms with Crippen LogP contribution in [0.5, 0.6) is 0 Å². The van der Waals surface area contributed by atoms with Gasteiger partial charge in [-0.2, -0.15) is 0 Å². The summed E-state index contributed by atoms with van der Waals surface area (Å²) < 4.78 is 28.8. The van der Waals surface area contributed by atoms with Gasteiger partial charge >= 0.3 is 0 Å². The van der Waals surface area contributed by atoms with Crippen LogP contribution in [0.15, 0.2) is 6.07 Å². The van der Waals surface area contributed by atoms with Gasteiger partial charge < -0.3 is 20.4 Å². The van der Waals surface area contributed by atoms with E-state index in [1.807, 2.05) is 0 Å². The van der Waals surface area contributed by atoms with Crippen LogP contribution in [0, 0.1) is 11.6 Å². The SMILES string of the molecule is O=C1c2c(F)c(F)cc(N3CC4CC3CN4)c2CN1C1CCCNC1. The molecule has 0 spiro atoms. The highest BCUT2D eigenvalue weighted by Crippen LogP contribution is 2.40. The van der Waals surface area contributed by atoms with E-state index in [-0.39, 0.29) is 17.5 Å². The molecule has 0 saturated carbocycles. The number of amides is 1. The molecule has 0 radical (unpaired) electrons. The average molecular weight is 348 g/mol. The molecule has 0 aliphatic carbocycles. The highest BCUT2D eigenvalue weighted by Gasteiger charge is 2.43. The first-order chi connectivity index (χ1) is 12.1. The standard InChI is InChI=1S/C18H22F2N4O/c19-14-5-15(23-8-10-4-12(23)7-22-10)13-9-24(11-2-1-3-21-6-11)18(25)16(13)17(14)20/h5,10-12,21-22H,1-4,6-9H2. The van der Waals surface area contributed by atoms with Crippen molar-refractivity contribution in [3.8, 4) is 0 Å². The zero-order chi connectivity index (χ0) is 17.1. The lowest BCUT2D eigenvalue weighted by atomic mass is 10.0. The molecule has 4 aliphatic heterocycles. The molecule has 1 aromatic rings. The Balaban J connectivity index is 1.54. The number of piperazine rings is 1. The fourth-order valence-corrected chi connectivity index (χ4v) is 4.93. The first-order valence-electron chi connectivity index (χ1n) is 9.16. The largest absolute Gasteiger partial charge is 0.365 e. The number of benzene rings is 1. The number of piperidine rings is 1. The highest BCUT2D eigenvalue weighted by atomic mass is 19.2. The Morgan fingerprint density at radius 3 is 2.72 bits per heavy atom. The number of nitrogens with zero attached hydrogens (tertiary/aromatic N) is 2. The second-order valence-electron chi connectivity index (χ2n) is 7.63. The minimum Gasteiger partial charge on any atom is -0.365 e. The number of carbonyl (C=O) groups is 1. The summed E-state index contributed by atoms with van der Waals surface area (Å²) in [6.07, 6.45) is 2.93. The van der Waals surface area contributed by atoms with E-state index < -0.39 is 11.6 Å². The first-order valence-corrected chi connectivity index (χ1v) is 9.16. The molecule has 3 unspecified atom stereocenters. The highest BCUT2D eigenvalue weighted by molar-refractivity contribution is 6.00. The maximum absolute atomic E-state index is 14.5. The van der Waals surface area contributed by atoms with Crippen molar-refractivity contribution in [3.63, 3.8) is 0 Å². The molecule has 5 rings (SSSR count). The number of carbonyl (C=O) groups excluding carboxylic acids is 1. The van der Waals surface area contributed by atoms with Crippen molar-refractivity contribution in [3.05, 3.63) is 28.8 Å². The van der Waals surface area contributed by atoms with Crippen molar-refractivity contribution >= 4 is 11.6 Å². The minimum atomic E-state index is -0.988. The van der Waals surface area contributed by atoms with Gasteiger partial charge in [0.25, 0.3) is 5.91 Å². The number of hydrogen-bond donors (Lipinski definition) is 2. The lowest BCUT2D eigenvalue weighted by Gasteiger charge is -2.32. The summed E-state index contributed by atoms with van der Waals surface area (Å²) in [6.45, 7) is 3.71. The van der Waals surface area contributed by atoms with Crippen LogP contribution >= 0.6 is 0 Å². The van der Waals surface area contributed by atoms with E-state index in [0.29, 0.717) is 29.9 Å². The molecule has 3 fully saturated rings. The second kappa shape index (κ2) is 5.64. The zero-order valence-electron chi connectivity index (χ0n) is 14.0. The van der Waals surface area contributed by atoms with E-state index in [4.69, 9.17) is 0 Å². The number of nitrogens with one attached hydrogen (secondary N) is 2. The predicted octanol–water partition coefficient (Wildman–Crippen LogP) is 1.22. The molecule has 0 aromatic heterocycles. The van der Waals surface area contributed by atoms with Gasteiger partial charge in [0.1, 0.15) is 0 Å². The molecule has 2 N–H and O–H groups in total. The van der Waals surface area contributed by atoms with Crippen LogP contribution in [-0.2, 0) is 6.54 Å². The average Bonchev–Trinajstić information content (AvgIpc) is 3.33. The van der Waals surface area contributed by atoms with Gasteiger partial charge in [-0.1, -0.05) is 0 Å². The molecule has 4 heterocycles. The van der Waals surface area contributed by atoms with E-state index in [0.717, 1.165) is 45.4 Å². The third-order valence-electron chi connectivity index (χ3n) is 6.18. The van der Waals surface area contributed by atoms with E-state index in [1.165, 1.54) is 6.07 Å². The Kier molecular flexibility index (Phi) is 3.50. The number of hydrogen-bond acceptors (Lipinski definition) is 4. The van der Waals surface area contributed by atoms with Crippen LogP contribution in [0.25, 0.3) is 0 Å². The maximum atomic E-state index is 14.5. The molecule has 3 saturated heterocycles. The first kappa shape index (κ1) is 15.5. The van der Waals surface area contributed by atoms with Crippen molar-refractivity contribution in [2.24, 2.45) is 0 Å². The molecule has 7 heteroatoms. The molecular formula is C18H22F2N4O. The van der Waals surface area contributed by atoms with E-state index in [9.17, 15) is 13.6 Å². The number of anilines is 1. The predicted molar refractivity (Wildman–Crippen MR) is 89.7 cm³/mol. The summed E-state index contributed by atoms with van der Waals surface area (Å²) in [4.78, 5) is 16.8. The van der Waals surface area contributed by atoms with E-state index >= 15 is 0 Å². The summed E-state index contributed by atoms with van der Waals surface area (Å²) in [6, 6.07) is 2.06. The van der Waals surface area contributed by atoms with Crippen molar-refractivity contribution in [2.45, 2.75) is 43.9 Å². The smallest absolute Gasteiger partial charge is 0.257 e. The topological polar surface area (TPSA) is 47.6 Å². The second-order valence-corrected chi connectivity index (χ2v) is 7.63. The maximum Gasteiger partial charge on any atom is 0.257 e. The van der Waals surface area contributed by atoms with Crippen molar-refractivity contribution in [2.75, 3.05) is 31.1 Å². The van der Waals surface area contributed by atoms with Gasteiger partial charge in [0.15, 0.2) is 11.6 Å². The van der Waals surface area contributed by atoms with Crippen LogP contribution in [0.3, 0.4) is 0 Å². The normalized spacial score (nSPS) is 31.1. The molecule has 1 aromatic carbocycles. The van der Waals surface area contributed by atoms with Crippen molar-refractivity contribution in [1.29, 1.82) is 0 Å². The van der Waals surface area contributed by atoms with Gasteiger partial charge in [0.05, 0.1) is 5.56 Å². The fraction of sp³-hybridized carbons (Fsp3) is 0.611. The summed E-state index contributed by atoms with van der Waals surface area (Å²) in [5.74, 6) is -2.26. The lowest BCUT2D eigenvalue weighted by Crippen LogP contribution is -2.46. The van der Waals surface area contributed by atoms with Crippen LogP contribution in [0.4, 0.5) is 14.5 Å². The fourth-order valence-electron chi connectivity index (χ4n) is 4.93. The van der Waals surface area contributed by atoms with Crippen molar-refractivity contribution < 1.29 is 13.6 Å².